The number of hydrogen-bond donors (Lipinski definition) is 0. The molecule has 2 fully saturated rings. The maximum atomic E-state index is 5.85. The Morgan fingerprint density at radius 3 is 1.43 bits per heavy atom. The van der Waals surface area contributed by atoms with Crippen molar-refractivity contribution in [3.05, 3.63) is 0 Å². The highest BCUT2D eigenvalue weighted by molar-refractivity contribution is 4.99. The Morgan fingerprint density at radius 2 is 1.14 bits per heavy atom. The van der Waals surface area contributed by atoms with Crippen LogP contribution in [0.25, 0.3) is 0 Å². The Kier molecular flexibility index (Phi) is 5.35. The van der Waals surface area contributed by atoms with Crippen LogP contribution in [0.2, 0.25) is 0 Å². The Labute approximate surface area is 130 Å². The minimum absolute atomic E-state index is 0.0188. The van der Waals surface area contributed by atoms with Crippen molar-refractivity contribution in [2.24, 2.45) is 0 Å². The lowest BCUT2D eigenvalue weighted by molar-refractivity contribution is -0.0286. The van der Waals surface area contributed by atoms with E-state index in [1.54, 1.807) is 0 Å². The molecule has 0 radical (unpaired) electrons. The minimum atomic E-state index is -0.0188. The van der Waals surface area contributed by atoms with E-state index in [1.807, 2.05) is 0 Å². The van der Waals surface area contributed by atoms with Crippen LogP contribution in [0.15, 0.2) is 0 Å². The molecule has 0 saturated carbocycles. The average Bonchev–Trinajstić information content (AvgIpc) is 2.85. The number of ether oxygens (including phenoxy) is 2. The van der Waals surface area contributed by atoms with Crippen LogP contribution < -0.4 is 0 Å². The van der Waals surface area contributed by atoms with Gasteiger partial charge in [0, 0.05) is 38.3 Å². The van der Waals surface area contributed by atoms with Gasteiger partial charge in [-0.1, -0.05) is 0 Å². The molecule has 4 heteroatoms. The minimum Gasteiger partial charge on any atom is -0.375 e. The molecule has 4 nitrogen and oxygen atoms in total. The van der Waals surface area contributed by atoms with E-state index < -0.39 is 0 Å². The van der Waals surface area contributed by atoms with E-state index in [9.17, 15) is 0 Å². The largest absolute Gasteiger partial charge is 0.375 e. The van der Waals surface area contributed by atoms with Crippen molar-refractivity contribution < 1.29 is 9.47 Å². The molecule has 0 spiro atoms. The van der Waals surface area contributed by atoms with Crippen LogP contribution >= 0.6 is 0 Å². The van der Waals surface area contributed by atoms with Crippen LogP contribution in [0.4, 0.5) is 0 Å². The molecule has 0 aromatic carbocycles. The number of piperazine rings is 1. The molecule has 21 heavy (non-hydrogen) atoms. The zero-order chi connectivity index (χ0) is 15.7. The first-order chi connectivity index (χ1) is 9.64. The predicted molar refractivity (Wildman–Crippen MR) is 86.7 cm³/mol. The molecule has 2 aliphatic rings. The molecular weight excluding hydrogens is 264 g/mol. The first-order valence-electron chi connectivity index (χ1n) is 8.40. The van der Waals surface area contributed by atoms with Crippen molar-refractivity contribution in [1.29, 1.82) is 0 Å². The van der Waals surface area contributed by atoms with Crippen LogP contribution in [0, 0.1) is 0 Å². The highest BCUT2D eigenvalue weighted by atomic mass is 16.5. The van der Waals surface area contributed by atoms with E-state index in [0.717, 1.165) is 38.4 Å². The SMILES string of the molecule is CC(C)(C)OCCN1C[C@H]2C[C@@H]1CN2CCOC(C)(C)C. The standard InChI is InChI=1S/C17H34N2O2/c1-16(2,3)20-9-7-18-12-15-11-14(18)13-19(15)8-10-21-17(4,5)6/h14-15H,7-13H2,1-6H3/t14-,15-/m1/s1. The zero-order valence-electron chi connectivity index (χ0n) is 14.8. The summed E-state index contributed by atoms with van der Waals surface area (Å²) in [4.78, 5) is 5.22. The Balaban J connectivity index is 1.65. The van der Waals surface area contributed by atoms with Crippen molar-refractivity contribution >= 4 is 0 Å². The molecule has 2 atom stereocenters. The molecule has 2 heterocycles. The number of likely N-dealkylation sites (tertiary alicyclic amines) is 2. The van der Waals surface area contributed by atoms with E-state index in [-0.39, 0.29) is 11.2 Å². The Morgan fingerprint density at radius 1 is 0.762 bits per heavy atom. The molecule has 2 rings (SSSR count). The summed E-state index contributed by atoms with van der Waals surface area (Å²) >= 11 is 0. The van der Waals surface area contributed by atoms with Crippen molar-refractivity contribution in [2.45, 2.75) is 71.2 Å². The molecule has 0 aliphatic carbocycles. The van der Waals surface area contributed by atoms with Crippen LogP contribution in [0.3, 0.4) is 0 Å². The molecule has 2 saturated heterocycles. The fourth-order valence-electron chi connectivity index (χ4n) is 3.32. The predicted octanol–water partition coefficient (Wildman–Crippen LogP) is 2.38. The third-order valence-corrected chi connectivity index (χ3v) is 4.29. The maximum absolute atomic E-state index is 5.85. The van der Waals surface area contributed by atoms with Gasteiger partial charge in [0.15, 0.2) is 0 Å². The lowest BCUT2D eigenvalue weighted by Crippen LogP contribution is -2.48. The molecule has 0 aromatic heterocycles. The first-order valence-corrected chi connectivity index (χ1v) is 8.40. The molecule has 0 N–H and O–H groups in total. The van der Waals surface area contributed by atoms with Gasteiger partial charge in [0.2, 0.25) is 0 Å². The Bertz CT molecular complexity index is 301. The summed E-state index contributed by atoms with van der Waals surface area (Å²) in [6.45, 7) is 19.0. The molecule has 2 bridgehead atoms. The van der Waals surface area contributed by atoms with Crippen LogP contribution in [-0.2, 0) is 9.47 Å². The van der Waals surface area contributed by atoms with Gasteiger partial charge in [-0.3, -0.25) is 9.80 Å². The molecular formula is C17H34N2O2. The number of hydrogen-bond acceptors (Lipinski definition) is 4. The zero-order valence-corrected chi connectivity index (χ0v) is 14.8. The molecule has 0 aromatic rings. The first kappa shape index (κ1) is 17.2. The van der Waals surface area contributed by atoms with Gasteiger partial charge in [0.25, 0.3) is 0 Å². The van der Waals surface area contributed by atoms with Crippen molar-refractivity contribution in [3.63, 3.8) is 0 Å². The molecule has 2 aliphatic heterocycles. The summed E-state index contributed by atoms with van der Waals surface area (Å²) in [5.41, 5.74) is -0.0376. The van der Waals surface area contributed by atoms with Crippen LogP contribution in [0.5, 0.6) is 0 Å². The lowest BCUT2D eigenvalue weighted by atomic mass is 10.2. The van der Waals surface area contributed by atoms with E-state index in [0.29, 0.717) is 0 Å². The van der Waals surface area contributed by atoms with E-state index >= 15 is 0 Å². The van der Waals surface area contributed by atoms with Crippen LogP contribution in [-0.4, -0.2) is 72.5 Å². The summed E-state index contributed by atoms with van der Waals surface area (Å²) in [7, 11) is 0. The van der Waals surface area contributed by atoms with Gasteiger partial charge in [0.1, 0.15) is 0 Å². The van der Waals surface area contributed by atoms with Crippen molar-refractivity contribution in [1.82, 2.24) is 9.80 Å². The summed E-state index contributed by atoms with van der Waals surface area (Å²) in [5, 5.41) is 0. The second-order valence-electron chi connectivity index (χ2n) is 8.45. The summed E-state index contributed by atoms with van der Waals surface area (Å²) in [5.74, 6) is 0. The van der Waals surface area contributed by atoms with E-state index in [1.165, 1.54) is 19.5 Å². The summed E-state index contributed by atoms with van der Waals surface area (Å²) < 4.78 is 11.7. The normalized spacial score (nSPS) is 27.7. The number of nitrogens with zero attached hydrogens (tertiary/aromatic N) is 2. The van der Waals surface area contributed by atoms with Gasteiger partial charge < -0.3 is 9.47 Å². The second kappa shape index (κ2) is 6.53. The Hall–Kier alpha value is -0.160. The lowest BCUT2D eigenvalue weighted by Gasteiger charge is -2.35. The quantitative estimate of drug-likeness (QED) is 0.752. The van der Waals surface area contributed by atoms with Gasteiger partial charge in [-0.25, -0.2) is 0 Å². The van der Waals surface area contributed by atoms with Gasteiger partial charge in [-0.2, -0.15) is 0 Å². The fourth-order valence-corrected chi connectivity index (χ4v) is 3.32. The third-order valence-electron chi connectivity index (χ3n) is 4.29. The molecule has 0 amide bonds. The van der Waals surface area contributed by atoms with E-state index in [4.69, 9.17) is 9.47 Å². The van der Waals surface area contributed by atoms with E-state index in [2.05, 4.69) is 51.3 Å². The van der Waals surface area contributed by atoms with Crippen molar-refractivity contribution in [2.75, 3.05) is 39.4 Å². The van der Waals surface area contributed by atoms with Gasteiger partial charge in [-0.15, -0.1) is 0 Å². The monoisotopic (exact) mass is 298 g/mol. The third kappa shape index (κ3) is 5.51. The van der Waals surface area contributed by atoms with Gasteiger partial charge in [0.05, 0.1) is 24.4 Å². The average molecular weight is 298 g/mol. The van der Waals surface area contributed by atoms with Gasteiger partial charge in [-0.05, 0) is 48.0 Å². The highest BCUT2D eigenvalue weighted by Gasteiger charge is 2.42. The van der Waals surface area contributed by atoms with Crippen LogP contribution in [0.1, 0.15) is 48.0 Å². The maximum Gasteiger partial charge on any atom is 0.0600 e. The summed E-state index contributed by atoms with van der Waals surface area (Å²) in [6.07, 6.45) is 1.32. The van der Waals surface area contributed by atoms with Crippen molar-refractivity contribution in [3.8, 4) is 0 Å². The number of fused-ring (bicyclic) bond motifs is 2. The second-order valence-corrected chi connectivity index (χ2v) is 8.45. The molecule has 0 unspecified atom stereocenters. The smallest absolute Gasteiger partial charge is 0.0600 e. The topological polar surface area (TPSA) is 24.9 Å². The summed E-state index contributed by atoms with van der Waals surface area (Å²) in [6, 6.07) is 1.46. The number of rotatable bonds is 6. The highest BCUT2D eigenvalue weighted by Crippen LogP contribution is 2.30. The molecule has 124 valence electrons. The van der Waals surface area contributed by atoms with Gasteiger partial charge >= 0.3 is 0 Å². The fraction of sp³-hybridized carbons (Fsp3) is 1.00.